The minimum atomic E-state index is 0.156. The third-order valence-electron chi connectivity index (χ3n) is 6.64. The number of aryl methyl sites for hydroxylation is 1. The van der Waals surface area contributed by atoms with Crippen molar-refractivity contribution < 1.29 is 4.74 Å². The average Bonchev–Trinajstić information content (AvgIpc) is 3.29. The SMILES string of the molecule is CN(c1nc(-c2ccncc2)nc2c1CCC2)C1C2CCOC2C1(C)C. The van der Waals surface area contributed by atoms with Crippen molar-refractivity contribution in [2.45, 2.75) is 51.7 Å². The first-order valence-corrected chi connectivity index (χ1v) is 9.72. The summed E-state index contributed by atoms with van der Waals surface area (Å²) < 4.78 is 6.00. The monoisotopic (exact) mass is 350 g/mol. The van der Waals surface area contributed by atoms with Gasteiger partial charge in [0.1, 0.15) is 5.82 Å². The number of nitrogens with zero attached hydrogens (tertiary/aromatic N) is 4. The Morgan fingerprint density at radius 2 is 1.96 bits per heavy atom. The molecule has 0 amide bonds. The van der Waals surface area contributed by atoms with Crippen molar-refractivity contribution in [2.24, 2.45) is 11.3 Å². The molecular formula is C21H26N4O. The van der Waals surface area contributed by atoms with Gasteiger partial charge in [0.2, 0.25) is 0 Å². The van der Waals surface area contributed by atoms with E-state index in [-0.39, 0.29) is 5.41 Å². The quantitative estimate of drug-likeness (QED) is 0.850. The van der Waals surface area contributed by atoms with Gasteiger partial charge in [-0.15, -0.1) is 0 Å². The average molecular weight is 350 g/mol. The molecule has 3 atom stereocenters. The van der Waals surface area contributed by atoms with Crippen molar-refractivity contribution in [2.75, 3.05) is 18.6 Å². The van der Waals surface area contributed by atoms with Crippen LogP contribution in [0.25, 0.3) is 11.4 Å². The maximum absolute atomic E-state index is 6.00. The Hall–Kier alpha value is -2.01. The molecule has 1 aliphatic heterocycles. The van der Waals surface area contributed by atoms with Gasteiger partial charge in [-0.3, -0.25) is 4.98 Å². The molecule has 2 aliphatic carbocycles. The molecule has 3 heterocycles. The van der Waals surface area contributed by atoms with Crippen LogP contribution < -0.4 is 4.90 Å². The maximum atomic E-state index is 6.00. The fourth-order valence-corrected chi connectivity index (χ4v) is 5.55. The number of aromatic nitrogens is 3. The molecular weight excluding hydrogens is 324 g/mol. The van der Waals surface area contributed by atoms with Gasteiger partial charge in [0.15, 0.2) is 5.82 Å². The van der Waals surface area contributed by atoms with Crippen LogP contribution in [0.3, 0.4) is 0 Å². The molecule has 5 nitrogen and oxygen atoms in total. The number of pyridine rings is 1. The van der Waals surface area contributed by atoms with E-state index in [4.69, 9.17) is 14.7 Å². The fraction of sp³-hybridized carbons (Fsp3) is 0.571. The lowest BCUT2D eigenvalue weighted by Gasteiger charge is -2.58. The van der Waals surface area contributed by atoms with Crippen LogP contribution in [-0.4, -0.2) is 40.8 Å². The molecule has 136 valence electrons. The molecule has 1 saturated carbocycles. The number of hydrogen-bond acceptors (Lipinski definition) is 5. The number of fused-ring (bicyclic) bond motifs is 2. The molecule has 0 aromatic carbocycles. The van der Waals surface area contributed by atoms with Crippen LogP contribution >= 0.6 is 0 Å². The summed E-state index contributed by atoms with van der Waals surface area (Å²) in [5.74, 6) is 2.57. The second-order valence-electron chi connectivity index (χ2n) is 8.51. The minimum absolute atomic E-state index is 0.156. The second kappa shape index (κ2) is 5.74. The van der Waals surface area contributed by atoms with E-state index in [1.54, 1.807) is 0 Å². The largest absolute Gasteiger partial charge is 0.377 e. The molecule has 0 bridgehead atoms. The first kappa shape index (κ1) is 16.2. The van der Waals surface area contributed by atoms with E-state index < -0.39 is 0 Å². The van der Waals surface area contributed by atoms with Gasteiger partial charge in [0, 0.05) is 60.2 Å². The normalized spacial score (nSPS) is 28.3. The van der Waals surface area contributed by atoms with Gasteiger partial charge in [-0.05, 0) is 37.8 Å². The Labute approximate surface area is 154 Å². The van der Waals surface area contributed by atoms with Gasteiger partial charge in [0.05, 0.1) is 6.10 Å². The van der Waals surface area contributed by atoms with E-state index in [9.17, 15) is 0 Å². The molecule has 2 fully saturated rings. The Morgan fingerprint density at radius 3 is 2.77 bits per heavy atom. The fourth-order valence-electron chi connectivity index (χ4n) is 5.55. The molecule has 2 aromatic heterocycles. The molecule has 0 radical (unpaired) electrons. The van der Waals surface area contributed by atoms with Gasteiger partial charge in [-0.1, -0.05) is 13.8 Å². The predicted octanol–water partition coefficient (Wildman–Crippen LogP) is 3.28. The lowest BCUT2D eigenvalue weighted by Crippen LogP contribution is -2.66. The zero-order valence-corrected chi connectivity index (χ0v) is 15.8. The molecule has 0 spiro atoms. The van der Waals surface area contributed by atoms with Crippen LogP contribution in [0.1, 0.15) is 37.9 Å². The lowest BCUT2D eigenvalue weighted by atomic mass is 9.57. The number of anilines is 1. The van der Waals surface area contributed by atoms with E-state index in [1.807, 2.05) is 24.5 Å². The summed E-state index contributed by atoms with van der Waals surface area (Å²) in [6.07, 6.45) is 8.49. The van der Waals surface area contributed by atoms with Crippen LogP contribution in [-0.2, 0) is 17.6 Å². The van der Waals surface area contributed by atoms with Gasteiger partial charge >= 0.3 is 0 Å². The summed E-state index contributed by atoms with van der Waals surface area (Å²) >= 11 is 0. The van der Waals surface area contributed by atoms with Gasteiger partial charge in [-0.2, -0.15) is 0 Å². The van der Waals surface area contributed by atoms with E-state index in [0.29, 0.717) is 18.1 Å². The Balaban J connectivity index is 1.57. The van der Waals surface area contributed by atoms with Crippen molar-refractivity contribution in [1.29, 1.82) is 0 Å². The first-order chi connectivity index (χ1) is 12.6. The summed E-state index contributed by atoms with van der Waals surface area (Å²) in [6, 6.07) is 4.46. The topological polar surface area (TPSA) is 51.1 Å². The van der Waals surface area contributed by atoms with Crippen LogP contribution in [0.5, 0.6) is 0 Å². The molecule has 3 aliphatic rings. The highest BCUT2D eigenvalue weighted by Gasteiger charge is 2.61. The number of ether oxygens (including phenoxy) is 1. The van der Waals surface area contributed by atoms with Crippen LogP contribution in [0.15, 0.2) is 24.5 Å². The molecule has 26 heavy (non-hydrogen) atoms. The standard InChI is InChI=1S/C21H26N4O/c1-21(2)17(15-9-12-26-18(15)21)25(3)20-14-5-4-6-16(14)23-19(24-20)13-7-10-22-11-8-13/h7-8,10-11,15,17-18H,4-6,9,12H2,1-3H3. The van der Waals surface area contributed by atoms with E-state index >= 15 is 0 Å². The van der Waals surface area contributed by atoms with Crippen molar-refractivity contribution in [3.63, 3.8) is 0 Å². The Kier molecular flexibility index (Phi) is 3.58. The third kappa shape index (κ3) is 2.22. The smallest absolute Gasteiger partial charge is 0.161 e. The summed E-state index contributed by atoms with van der Waals surface area (Å²) in [7, 11) is 2.22. The van der Waals surface area contributed by atoms with Crippen LogP contribution in [0.4, 0.5) is 5.82 Å². The number of hydrogen-bond donors (Lipinski definition) is 0. The minimum Gasteiger partial charge on any atom is -0.377 e. The van der Waals surface area contributed by atoms with Gasteiger partial charge in [-0.25, -0.2) is 9.97 Å². The van der Waals surface area contributed by atoms with Crippen molar-refractivity contribution in [3.8, 4) is 11.4 Å². The molecule has 0 N–H and O–H groups in total. The van der Waals surface area contributed by atoms with Gasteiger partial charge in [0.25, 0.3) is 0 Å². The Morgan fingerprint density at radius 1 is 1.15 bits per heavy atom. The third-order valence-corrected chi connectivity index (χ3v) is 6.64. The Bertz CT molecular complexity index is 835. The lowest BCUT2D eigenvalue weighted by molar-refractivity contribution is -0.101. The zero-order chi connectivity index (χ0) is 17.9. The zero-order valence-electron chi connectivity index (χ0n) is 15.8. The summed E-state index contributed by atoms with van der Waals surface area (Å²) in [5, 5.41) is 0. The van der Waals surface area contributed by atoms with E-state index in [2.05, 4.69) is 30.8 Å². The van der Waals surface area contributed by atoms with E-state index in [0.717, 1.165) is 43.1 Å². The van der Waals surface area contributed by atoms with Crippen molar-refractivity contribution in [1.82, 2.24) is 15.0 Å². The maximum Gasteiger partial charge on any atom is 0.161 e. The highest BCUT2D eigenvalue weighted by Crippen LogP contribution is 2.55. The summed E-state index contributed by atoms with van der Waals surface area (Å²) in [5.41, 5.74) is 3.77. The van der Waals surface area contributed by atoms with Gasteiger partial charge < -0.3 is 9.64 Å². The molecule has 5 heteroatoms. The van der Waals surface area contributed by atoms with Crippen molar-refractivity contribution in [3.05, 3.63) is 35.8 Å². The van der Waals surface area contributed by atoms with E-state index in [1.165, 1.54) is 17.7 Å². The summed E-state index contributed by atoms with van der Waals surface area (Å²) in [6.45, 7) is 5.57. The summed E-state index contributed by atoms with van der Waals surface area (Å²) in [4.78, 5) is 16.5. The van der Waals surface area contributed by atoms with Crippen LogP contribution in [0.2, 0.25) is 0 Å². The van der Waals surface area contributed by atoms with Crippen molar-refractivity contribution >= 4 is 5.82 Å². The first-order valence-electron chi connectivity index (χ1n) is 9.72. The highest BCUT2D eigenvalue weighted by molar-refractivity contribution is 5.61. The highest BCUT2D eigenvalue weighted by atomic mass is 16.5. The molecule has 1 saturated heterocycles. The second-order valence-corrected chi connectivity index (χ2v) is 8.51. The molecule has 2 aromatic rings. The predicted molar refractivity (Wildman–Crippen MR) is 101 cm³/mol. The van der Waals surface area contributed by atoms with Crippen LogP contribution in [0, 0.1) is 11.3 Å². The molecule has 3 unspecified atom stereocenters. The molecule has 5 rings (SSSR count). The number of rotatable bonds is 3.